The topological polar surface area (TPSA) is 53.4 Å². The molecule has 17 heavy (non-hydrogen) atoms. The second kappa shape index (κ2) is 4.73. The van der Waals surface area contributed by atoms with E-state index in [1.54, 1.807) is 6.07 Å². The summed E-state index contributed by atoms with van der Waals surface area (Å²) in [6.45, 7) is 4.89. The van der Waals surface area contributed by atoms with Crippen molar-refractivity contribution >= 4 is 5.91 Å². The zero-order valence-electron chi connectivity index (χ0n) is 10.3. The SMILES string of the molecule is CC(C)CN(C(=O)c1ncccc1O)C1CC1. The van der Waals surface area contributed by atoms with Crippen LogP contribution in [0, 0.1) is 5.92 Å². The molecule has 0 aromatic carbocycles. The quantitative estimate of drug-likeness (QED) is 0.867. The Balaban J connectivity index is 2.19. The molecule has 0 spiro atoms. The molecule has 4 heteroatoms. The van der Waals surface area contributed by atoms with Gasteiger partial charge in [0.25, 0.3) is 5.91 Å². The van der Waals surface area contributed by atoms with Gasteiger partial charge in [-0.2, -0.15) is 0 Å². The Bertz CT molecular complexity index is 414. The number of nitrogens with zero attached hydrogens (tertiary/aromatic N) is 2. The Morgan fingerprint density at radius 1 is 1.59 bits per heavy atom. The summed E-state index contributed by atoms with van der Waals surface area (Å²) >= 11 is 0. The van der Waals surface area contributed by atoms with E-state index in [2.05, 4.69) is 18.8 Å². The molecule has 4 nitrogen and oxygen atoms in total. The van der Waals surface area contributed by atoms with Crippen molar-refractivity contribution in [3.05, 3.63) is 24.0 Å². The predicted octanol–water partition coefficient (Wildman–Crippen LogP) is 2.05. The molecule has 0 bridgehead atoms. The molecule has 1 aromatic rings. The van der Waals surface area contributed by atoms with Crippen LogP contribution in [0.4, 0.5) is 0 Å². The Morgan fingerprint density at radius 3 is 2.82 bits per heavy atom. The number of hydrogen-bond donors (Lipinski definition) is 1. The van der Waals surface area contributed by atoms with E-state index >= 15 is 0 Å². The lowest BCUT2D eigenvalue weighted by Crippen LogP contribution is -2.36. The summed E-state index contributed by atoms with van der Waals surface area (Å²) < 4.78 is 0. The van der Waals surface area contributed by atoms with Gasteiger partial charge < -0.3 is 10.0 Å². The minimum absolute atomic E-state index is 0.0353. The van der Waals surface area contributed by atoms with E-state index in [9.17, 15) is 9.90 Å². The van der Waals surface area contributed by atoms with Crippen LogP contribution in [-0.4, -0.2) is 33.5 Å². The summed E-state index contributed by atoms with van der Waals surface area (Å²) in [4.78, 5) is 18.1. The molecule has 1 fully saturated rings. The maximum atomic E-state index is 12.3. The van der Waals surface area contributed by atoms with E-state index in [0.717, 1.165) is 19.4 Å². The summed E-state index contributed by atoms with van der Waals surface area (Å²) in [5.41, 5.74) is 0.167. The molecule has 1 aliphatic rings. The Labute approximate surface area is 101 Å². The number of aromatic nitrogens is 1. The molecule has 1 aromatic heterocycles. The van der Waals surface area contributed by atoms with Crippen molar-refractivity contribution in [1.29, 1.82) is 0 Å². The van der Waals surface area contributed by atoms with E-state index < -0.39 is 0 Å². The molecular weight excluding hydrogens is 216 g/mol. The van der Waals surface area contributed by atoms with E-state index in [0.29, 0.717) is 12.0 Å². The van der Waals surface area contributed by atoms with Crippen LogP contribution in [0.15, 0.2) is 18.3 Å². The highest BCUT2D eigenvalue weighted by atomic mass is 16.3. The molecule has 0 saturated heterocycles. The molecule has 1 saturated carbocycles. The lowest BCUT2D eigenvalue weighted by Gasteiger charge is -2.24. The summed E-state index contributed by atoms with van der Waals surface area (Å²) in [7, 11) is 0. The number of hydrogen-bond acceptors (Lipinski definition) is 3. The van der Waals surface area contributed by atoms with Crippen LogP contribution in [0.5, 0.6) is 5.75 Å². The fourth-order valence-electron chi connectivity index (χ4n) is 1.88. The zero-order chi connectivity index (χ0) is 12.4. The van der Waals surface area contributed by atoms with Crippen LogP contribution in [0.3, 0.4) is 0 Å². The monoisotopic (exact) mass is 234 g/mol. The van der Waals surface area contributed by atoms with Crippen LogP contribution >= 0.6 is 0 Å². The minimum atomic E-state index is -0.153. The molecule has 1 heterocycles. The van der Waals surface area contributed by atoms with Crippen molar-refractivity contribution in [3.63, 3.8) is 0 Å². The number of carbonyl (C=O) groups is 1. The van der Waals surface area contributed by atoms with Crippen LogP contribution in [-0.2, 0) is 0 Å². The second-order valence-corrected chi connectivity index (χ2v) is 4.95. The molecule has 0 radical (unpaired) electrons. The van der Waals surface area contributed by atoms with E-state index in [4.69, 9.17) is 0 Å². The first kappa shape index (κ1) is 11.9. The first-order valence-corrected chi connectivity index (χ1v) is 6.04. The highest BCUT2D eigenvalue weighted by molar-refractivity contribution is 5.95. The summed E-state index contributed by atoms with van der Waals surface area (Å²) in [6, 6.07) is 3.46. The average Bonchev–Trinajstić information content (AvgIpc) is 3.09. The van der Waals surface area contributed by atoms with Gasteiger partial charge in [0.2, 0.25) is 0 Å². The summed E-state index contributed by atoms with van der Waals surface area (Å²) in [5.74, 6) is 0.233. The fourth-order valence-corrected chi connectivity index (χ4v) is 1.88. The van der Waals surface area contributed by atoms with Gasteiger partial charge >= 0.3 is 0 Å². The highest BCUT2D eigenvalue weighted by Crippen LogP contribution is 2.30. The van der Waals surface area contributed by atoms with Gasteiger partial charge in [-0.25, -0.2) is 4.98 Å². The Morgan fingerprint density at radius 2 is 2.29 bits per heavy atom. The molecule has 0 atom stereocenters. The van der Waals surface area contributed by atoms with E-state index in [-0.39, 0.29) is 17.4 Å². The maximum absolute atomic E-state index is 12.3. The molecular formula is C13H18N2O2. The largest absolute Gasteiger partial charge is 0.505 e. The number of pyridine rings is 1. The molecule has 1 aliphatic carbocycles. The lowest BCUT2D eigenvalue weighted by atomic mass is 10.2. The third-order valence-corrected chi connectivity index (χ3v) is 2.80. The zero-order valence-corrected chi connectivity index (χ0v) is 10.3. The fraction of sp³-hybridized carbons (Fsp3) is 0.538. The van der Waals surface area contributed by atoms with Gasteiger partial charge in [0, 0.05) is 18.8 Å². The van der Waals surface area contributed by atoms with Gasteiger partial charge in [-0.05, 0) is 30.9 Å². The lowest BCUT2D eigenvalue weighted by molar-refractivity contribution is 0.0713. The molecule has 0 aliphatic heterocycles. The van der Waals surface area contributed by atoms with Crippen LogP contribution in [0.1, 0.15) is 37.2 Å². The summed E-state index contributed by atoms with van der Waals surface area (Å²) in [5, 5.41) is 9.66. The van der Waals surface area contributed by atoms with Crippen molar-refractivity contribution in [2.75, 3.05) is 6.54 Å². The van der Waals surface area contributed by atoms with Gasteiger partial charge in [0.1, 0.15) is 5.75 Å². The van der Waals surface area contributed by atoms with Gasteiger partial charge in [-0.15, -0.1) is 0 Å². The van der Waals surface area contributed by atoms with Gasteiger partial charge in [0.15, 0.2) is 5.69 Å². The molecule has 0 unspecified atom stereocenters. The third kappa shape index (κ3) is 2.75. The Kier molecular flexibility index (Phi) is 3.31. The minimum Gasteiger partial charge on any atom is -0.505 e. The third-order valence-electron chi connectivity index (χ3n) is 2.80. The number of aromatic hydroxyl groups is 1. The Hall–Kier alpha value is -1.58. The van der Waals surface area contributed by atoms with Crippen molar-refractivity contribution in [1.82, 2.24) is 9.88 Å². The van der Waals surface area contributed by atoms with Crippen LogP contribution in [0.25, 0.3) is 0 Å². The van der Waals surface area contributed by atoms with Gasteiger partial charge in [-0.1, -0.05) is 13.8 Å². The maximum Gasteiger partial charge on any atom is 0.276 e. The predicted molar refractivity (Wildman–Crippen MR) is 64.8 cm³/mol. The van der Waals surface area contributed by atoms with Crippen molar-refractivity contribution in [3.8, 4) is 5.75 Å². The molecule has 1 amide bonds. The second-order valence-electron chi connectivity index (χ2n) is 4.95. The highest BCUT2D eigenvalue weighted by Gasteiger charge is 2.34. The van der Waals surface area contributed by atoms with Gasteiger partial charge in [0.05, 0.1) is 0 Å². The normalized spacial score (nSPS) is 15.0. The number of rotatable bonds is 4. The molecule has 2 rings (SSSR count). The first-order valence-electron chi connectivity index (χ1n) is 6.04. The number of amides is 1. The molecule has 92 valence electrons. The smallest absolute Gasteiger partial charge is 0.276 e. The van der Waals surface area contributed by atoms with Crippen molar-refractivity contribution < 1.29 is 9.90 Å². The van der Waals surface area contributed by atoms with Crippen LogP contribution < -0.4 is 0 Å². The van der Waals surface area contributed by atoms with E-state index in [1.807, 2.05) is 4.90 Å². The average molecular weight is 234 g/mol. The van der Waals surface area contributed by atoms with Crippen LogP contribution in [0.2, 0.25) is 0 Å². The van der Waals surface area contributed by atoms with E-state index in [1.165, 1.54) is 12.3 Å². The van der Waals surface area contributed by atoms with Crippen molar-refractivity contribution in [2.45, 2.75) is 32.7 Å². The first-order chi connectivity index (χ1) is 8.09. The number of carbonyl (C=O) groups excluding carboxylic acids is 1. The van der Waals surface area contributed by atoms with Crippen molar-refractivity contribution in [2.24, 2.45) is 5.92 Å². The standard InChI is InChI=1S/C13H18N2O2/c1-9(2)8-15(10-5-6-10)13(17)12-11(16)4-3-7-14-12/h3-4,7,9-10,16H,5-6,8H2,1-2H3. The van der Waals surface area contributed by atoms with Gasteiger partial charge in [-0.3, -0.25) is 4.79 Å². The summed E-state index contributed by atoms with van der Waals surface area (Å²) in [6.07, 6.45) is 3.66. The molecule has 1 N–H and O–H groups in total.